The van der Waals surface area contributed by atoms with Crippen LogP contribution in [0.25, 0.3) is 0 Å². The van der Waals surface area contributed by atoms with E-state index >= 15 is 0 Å². The molecule has 0 aromatic carbocycles. The van der Waals surface area contributed by atoms with Crippen LogP contribution in [0.5, 0.6) is 0 Å². The highest BCUT2D eigenvalue weighted by atomic mass is 16.5. The van der Waals surface area contributed by atoms with Gasteiger partial charge in [0, 0.05) is 19.7 Å². The second-order valence-corrected chi connectivity index (χ2v) is 5.90. The molecule has 0 saturated carbocycles. The van der Waals surface area contributed by atoms with Crippen LogP contribution >= 0.6 is 0 Å². The van der Waals surface area contributed by atoms with Gasteiger partial charge >= 0.3 is 5.97 Å². The summed E-state index contributed by atoms with van der Waals surface area (Å²) in [5.41, 5.74) is -0.626. The van der Waals surface area contributed by atoms with Crippen molar-refractivity contribution in [3.05, 3.63) is 0 Å². The lowest BCUT2D eigenvalue weighted by Gasteiger charge is -2.33. The van der Waals surface area contributed by atoms with Crippen molar-refractivity contribution >= 4 is 5.97 Å². The summed E-state index contributed by atoms with van der Waals surface area (Å²) in [5, 5.41) is 9.37. The molecule has 0 spiro atoms. The molecule has 4 nitrogen and oxygen atoms in total. The van der Waals surface area contributed by atoms with Gasteiger partial charge in [-0.15, -0.1) is 0 Å². The summed E-state index contributed by atoms with van der Waals surface area (Å²) in [5.74, 6) is -0.125. The maximum absolute atomic E-state index is 11.4. The largest absolute Gasteiger partial charge is 0.481 e. The molecule has 1 rings (SSSR count). The molecule has 4 heteroatoms. The topological polar surface area (TPSA) is 49.8 Å². The minimum Gasteiger partial charge on any atom is -0.481 e. The highest BCUT2D eigenvalue weighted by molar-refractivity contribution is 5.74. The average molecular weight is 257 g/mol. The van der Waals surface area contributed by atoms with Gasteiger partial charge in [-0.2, -0.15) is 0 Å². The number of carboxylic acids is 1. The molecule has 0 amide bonds. The summed E-state index contributed by atoms with van der Waals surface area (Å²) >= 11 is 0. The van der Waals surface area contributed by atoms with Crippen LogP contribution in [-0.2, 0) is 9.53 Å². The Hall–Kier alpha value is -0.610. The van der Waals surface area contributed by atoms with Crippen molar-refractivity contribution in [2.45, 2.75) is 39.5 Å². The van der Waals surface area contributed by atoms with Crippen molar-refractivity contribution in [3.8, 4) is 0 Å². The van der Waals surface area contributed by atoms with Crippen LogP contribution in [-0.4, -0.2) is 49.3 Å². The van der Waals surface area contributed by atoms with Gasteiger partial charge in [0.1, 0.15) is 0 Å². The first-order valence-electron chi connectivity index (χ1n) is 6.97. The molecule has 2 atom stereocenters. The standard InChI is InChI=1S/C14H27NO3/c1-4-7-14(2,13(16)17)11-15(3)9-12-6-5-8-18-10-12/h12H,4-11H2,1-3H3,(H,16,17). The lowest BCUT2D eigenvalue weighted by atomic mass is 9.85. The van der Waals surface area contributed by atoms with E-state index in [4.69, 9.17) is 4.74 Å². The van der Waals surface area contributed by atoms with Gasteiger partial charge in [-0.3, -0.25) is 4.79 Å². The van der Waals surface area contributed by atoms with Crippen LogP contribution in [0.3, 0.4) is 0 Å². The van der Waals surface area contributed by atoms with E-state index in [-0.39, 0.29) is 0 Å². The van der Waals surface area contributed by atoms with E-state index in [0.29, 0.717) is 12.5 Å². The number of nitrogens with zero attached hydrogens (tertiary/aromatic N) is 1. The molecule has 1 aliphatic rings. The van der Waals surface area contributed by atoms with E-state index in [1.165, 1.54) is 6.42 Å². The van der Waals surface area contributed by atoms with Gasteiger partial charge in [-0.05, 0) is 39.2 Å². The summed E-state index contributed by atoms with van der Waals surface area (Å²) in [6.07, 6.45) is 3.96. The van der Waals surface area contributed by atoms with Crippen LogP contribution in [0.4, 0.5) is 0 Å². The second kappa shape index (κ2) is 7.10. The van der Waals surface area contributed by atoms with Gasteiger partial charge in [0.25, 0.3) is 0 Å². The second-order valence-electron chi connectivity index (χ2n) is 5.90. The fraction of sp³-hybridized carbons (Fsp3) is 0.929. The van der Waals surface area contributed by atoms with E-state index in [2.05, 4.69) is 4.90 Å². The van der Waals surface area contributed by atoms with E-state index < -0.39 is 11.4 Å². The number of hydrogen-bond donors (Lipinski definition) is 1. The molecule has 1 saturated heterocycles. The molecule has 1 fully saturated rings. The van der Waals surface area contributed by atoms with Crippen LogP contribution in [0, 0.1) is 11.3 Å². The SMILES string of the molecule is CCCC(C)(CN(C)CC1CCCOC1)C(=O)O. The van der Waals surface area contributed by atoms with Crippen molar-refractivity contribution in [1.29, 1.82) is 0 Å². The molecule has 0 radical (unpaired) electrons. The van der Waals surface area contributed by atoms with E-state index in [1.54, 1.807) is 0 Å². The zero-order chi connectivity index (χ0) is 13.6. The highest BCUT2D eigenvalue weighted by Crippen LogP contribution is 2.25. The minimum atomic E-state index is -0.684. The predicted molar refractivity (Wildman–Crippen MR) is 71.7 cm³/mol. The van der Waals surface area contributed by atoms with E-state index in [9.17, 15) is 9.90 Å². The fourth-order valence-electron chi connectivity index (χ4n) is 2.86. The molecule has 1 aliphatic heterocycles. The molecular weight excluding hydrogens is 230 g/mol. The van der Waals surface area contributed by atoms with Crippen LogP contribution in [0.2, 0.25) is 0 Å². The summed E-state index contributed by atoms with van der Waals surface area (Å²) in [7, 11) is 2.02. The van der Waals surface area contributed by atoms with Crippen LogP contribution in [0.15, 0.2) is 0 Å². The molecule has 0 aromatic rings. The van der Waals surface area contributed by atoms with Crippen LogP contribution < -0.4 is 0 Å². The first-order valence-corrected chi connectivity index (χ1v) is 6.97. The Morgan fingerprint density at radius 2 is 2.28 bits per heavy atom. The average Bonchev–Trinajstić information content (AvgIpc) is 2.30. The quantitative estimate of drug-likeness (QED) is 0.760. The summed E-state index contributed by atoms with van der Waals surface area (Å²) in [6.45, 7) is 7.15. The van der Waals surface area contributed by atoms with Gasteiger partial charge in [0.2, 0.25) is 0 Å². The number of carboxylic acid groups (broad SMARTS) is 1. The highest BCUT2D eigenvalue weighted by Gasteiger charge is 2.33. The van der Waals surface area contributed by atoms with Gasteiger partial charge in [-0.25, -0.2) is 0 Å². The number of ether oxygens (including phenoxy) is 1. The Bertz CT molecular complexity index is 264. The summed E-state index contributed by atoms with van der Waals surface area (Å²) in [4.78, 5) is 13.5. The lowest BCUT2D eigenvalue weighted by molar-refractivity contribution is -0.149. The molecule has 0 aliphatic carbocycles. The molecule has 1 N–H and O–H groups in total. The van der Waals surface area contributed by atoms with Crippen molar-refractivity contribution in [2.24, 2.45) is 11.3 Å². The zero-order valence-electron chi connectivity index (χ0n) is 11.9. The minimum absolute atomic E-state index is 0.559. The normalized spacial score (nSPS) is 23.9. The number of aliphatic carboxylic acids is 1. The Morgan fingerprint density at radius 3 is 2.78 bits per heavy atom. The zero-order valence-corrected chi connectivity index (χ0v) is 11.9. The number of carbonyl (C=O) groups is 1. The number of hydrogen-bond acceptors (Lipinski definition) is 3. The van der Waals surface area contributed by atoms with Crippen LogP contribution in [0.1, 0.15) is 39.5 Å². The van der Waals surface area contributed by atoms with Crippen molar-refractivity contribution < 1.29 is 14.6 Å². The molecule has 106 valence electrons. The third-order valence-corrected chi connectivity index (χ3v) is 3.76. The van der Waals surface area contributed by atoms with Crippen molar-refractivity contribution in [2.75, 3.05) is 33.4 Å². The van der Waals surface area contributed by atoms with Gasteiger partial charge in [-0.1, -0.05) is 13.3 Å². The number of rotatable bonds is 7. The van der Waals surface area contributed by atoms with Gasteiger partial charge < -0.3 is 14.7 Å². The fourth-order valence-corrected chi connectivity index (χ4v) is 2.86. The maximum Gasteiger partial charge on any atom is 0.310 e. The molecule has 1 heterocycles. The molecule has 0 bridgehead atoms. The predicted octanol–water partition coefficient (Wildman–Crippen LogP) is 2.24. The third-order valence-electron chi connectivity index (χ3n) is 3.76. The van der Waals surface area contributed by atoms with Gasteiger partial charge in [0.05, 0.1) is 12.0 Å². The third kappa shape index (κ3) is 4.58. The van der Waals surface area contributed by atoms with E-state index in [1.807, 2.05) is 20.9 Å². The first-order chi connectivity index (χ1) is 8.48. The smallest absolute Gasteiger partial charge is 0.310 e. The monoisotopic (exact) mass is 257 g/mol. The summed E-state index contributed by atoms with van der Waals surface area (Å²) < 4.78 is 5.47. The molecule has 0 aromatic heterocycles. The Labute approximate surface area is 110 Å². The molecule has 18 heavy (non-hydrogen) atoms. The maximum atomic E-state index is 11.4. The van der Waals surface area contributed by atoms with E-state index in [0.717, 1.165) is 39.0 Å². The summed E-state index contributed by atoms with van der Waals surface area (Å²) in [6, 6.07) is 0. The Kier molecular flexibility index (Phi) is 6.09. The molecule has 2 unspecified atom stereocenters. The van der Waals surface area contributed by atoms with Gasteiger partial charge in [0.15, 0.2) is 0 Å². The Morgan fingerprint density at radius 1 is 1.56 bits per heavy atom. The van der Waals surface area contributed by atoms with Crippen molar-refractivity contribution in [3.63, 3.8) is 0 Å². The van der Waals surface area contributed by atoms with Crippen molar-refractivity contribution in [1.82, 2.24) is 4.90 Å². The lowest BCUT2D eigenvalue weighted by Crippen LogP contribution is -2.42. The molecular formula is C14H27NO3. The Balaban J connectivity index is 2.45. The first kappa shape index (κ1) is 15.4.